The standard InChI is InChI=1S/C11H7ClN2O5S/c12-7-1-2-8-6(3-7)4-10(19-8)20(17,18)14-5-9(15)13-11(14)16/h1-4H,5H2,(H,13,15,16). The number of fused-ring (bicyclic) bond motifs is 1. The highest BCUT2D eigenvalue weighted by atomic mass is 35.5. The summed E-state index contributed by atoms with van der Waals surface area (Å²) in [6.45, 7) is -0.557. The number of sulfonamides is 1. The van der Waals surface area contributed by atoms with Crippen LogP contribution in [0.5, 0.6) is 0 Å². The Kier molecular flexibility index (Phi) is 2.73. The summed E-state index contributed by atoms with van der Waals surface area (Å²) in [5.74, 6) is -0.683. The number of carbonyl (C=O) groups excluding carboxylic acids is 2. The first kappa shape index (κ1) is 12.9. The molecule has 1 aromatic carbocycles. The van der Waals surface area contributed by atoms with Crippen LogP contribution in [0.4, 0.5) is 4.79 Å². The molecule has 2 aromatic rings. The van der Waals surface area contributed by atoms with Crippen LogP contribution in [0.2, 0.25) is 5.02 Å². The number of rotatable bonds is 2. The first-order valence-corrected chi connectivity index (χ1v) is 7.25. The predicted molar refractivity (Wildman–Crippen MR) is 68.7 cm³/mol. The molecule has 9 heteroatoms. The molecule has 20 heavy (non-hydrogen) atoms. The summed E-state index contributed by atoms with van der Waals surface area (Å²) in [4.78, 5) is 22.5. The van der Waals surface area contributed by atoms with E-state index in [0.717, 1.165) is 0 Å². The molecular formula is C11H7ClN2O5S. The zero-order chi connectivity index (χ0) is 14.5. The molecule has 0 atom stereocenters. The molecule has 1 aromatic heterocycles. The van der Waals surface area contributed by atoms with E-state index in [-0.39, 0.29) is 0 Å². The molecule has 0 saturated carbocycles. The zero-order valence-electron chi connectivity index (χ0n) is 9.79. The maximum absolute atomic E-state index is 12.2. The lowest BCUT2D eigenvalue weighted by atomic mass is 10.3. The summed E-state index contributed by atoms with van der Waals surface area (Å²) in [6, 6.07) is 4.87. The Bertz CT molecular complexity index is 842. The van der Waals surface area contributed by atoms with Crippen molar-refractivity contribution < 1.29 is 22.4 Å². The number of carbonyl (C=O) groups is 2. The van der Waals surface area contributed by atoms with Crippen LogP contribution in [-0.2, 0) is 14.8 Å². The van der Waals surface area contributed by atoms with Crippen molar-refractivity contribution in [2.24, 2.45) is 0 Å². The van der Waals surface area contributed by atoms with E-state index in [1.54, 1.807) is 6.07 Å². The second kappa shape index (κ2) is 4.22. The van der Waals surface area contributed by atoms with Gasteiger partial charge in [-0.25, -0.2) is 9.10 Å². The molecular weight excluding hydrogens is 308 g/mol. The molecule has 1 aliphatic heterocycles. The molecule has 104 valence electrons. The average Bonchev–Trinajstić information content (AvgIpc) is 2.92. The second-order valence-electron chi connectivity index (χ2n) is 4.11. The van der Waals surface area contributed by atoms with Crippen molar-refractivity contribution in [2.45, 2.75) is 5.09 Å². The molecule has 1 saturated heterocycles. The highest BCUT2D eigenvalue weighted by molar-refractivity contribution is 7.89. The second-order valence-corrected chi connectivity index (χ2v) is 6.34. The minimum absolute atomic E-state index is 0.318. The largest absolute Gasteiger partial charge is 0.443 e. The van der Waals surface area contributed by atoms with Crippen LogP contribution in [0.15, 0.2) is 33.8 Å². The van der Waals surface area contributed by atoms with Crippen molar-refractivity contribution in [3.05, 3.63) is 29.3 Å². The van der Waals surface area contributed by atoms with E-state index >= 15 is 0 Å². The van der Waals surface area contributed by atoms with E-state index in [4.69, 9.17) is 16.0 Å². The number of nitrogens with zero attached hydrogens (tertiary/aromatic N) is 1. The summed E-state index contributed by atoms with van der Waals surface area (Å²) < 4.78 is 30.1. The van der Waals surface area contributed by atoms with Crippen molar-refractivity contribution >= 4 is 44.5 Å². The lowest BCUT2D eigenvalue weighted by Gasteiger charge is -2.10. The number of urea groups is 1. The summed E-state index contributed by atoms with van der Waals surface area (Å²) >= 11 is 5.80. The fraction of sp³-hybridized carbons (Fsp3) is 0.0909. The maximum Gasteiger partial charge on any atom is 0.338 e. The highest BCUT2D eigenvalue weighted by Gasteiger charge is 2.39. The molecule has 0 unspecified atom stereocenters. The van der Waals surface area contributed by atoms with Crippen molar-refractivity contribution in [3.63, 3.8) is 0 Å². The first-order valence-electron chi connectivity index (χ1n) is 5.43. The third-order valence-electron chi connectivity index (χ3n) is 2.76. The predicted octanol–water partition coefficient (Wildman–Crippen LogP) is 1.33. The van der Waals surface area contributed by atoms with Crippen LogP contribution in [0.25, 0.3) is 11.0 Å². The van der Waals surface area contributed by atoms with Gasteiger partial charge in [-0.05, 0) is 18.2 Å². The van der Waals surface area contributed by atoms with E-state index in [1.807, 2.05) is 5.32 Å². The monoisotopic (exact) mass is 314 g/mol. The molecule has 1 fully saturated rings. The van der Waals surface area contributed by atoms with Crippen LogP contribution in [0.1, 0.15) is 0 Å². The van der Waals surface area contributed by atoms with Crippen LogP contribution in [-0.4, -0.2) is 31.2 Å². The zero-order valence-corrected chi connectivity index (χ0v) is 11.4. The van der Waals surface area contributed by atoms with Crippen molar-refractivity contribution in [1.29, 1.82) is 0 Å². The maximum atomic E-state index is 12.2. The summed E-state index contributed by atoms with van der Waals surface area (Å²) in [5.41, 5.74) is 0.318. The van der Waals surface area contributed by atoms with E-state index in [9.17, 15) is 18.0 Å². The number of benzene rings is 1. The Hall–Kier alpha value is -2.06. The fourth-order valence-corrected chi connectivity index (χ4v) is 3.26. The summed E-state index contributed by atoms with van der Waals surface area (Å²) in [5, 5.41) is 2.39. The van der Waals surface area contributed by atoms with Gasteiger partial charge in [0.05, 0.1) is 0 Å². The lowest BCUT2D eigenvalue weighted by molar-refractivity contribution is -0.118. The molecule has 0 spiro atoms. The molecule has 0 aliphatic carbocycles. The molecule has 1 aliphatic rings. The van der Waals surface area contributed by atoms with Crippen LogP contribution >= 0.6 is 11.6 Å². The number of furan rings is 1. The third kappa shape index (κ3) is 1.93. The van der Waals surface area contributed by atoms with E-state index in [0.29, 0.717) is 20.3 Å². The first-order chi connectivity index (χ1) is 9.38. The molecule has 1 N–H and O–H groups in total. The number of amides is 3. The third-order valence-corrected chi connectivity index (χ3v) is 4.58. The van der Waals surface area contributed by atoms with Gasteiger partial charge in [-0.1, -0.05) is 11.6 Å². The van der Waals surface area contributed by atoms with Crippen LogP contribution < -0.4 is 5.32 Å². The lowest BCUT2D eigenvalue weighted by Crippen LogP contribution is -2.33. The summed E-state index contributed by atoms with van der Waals surface area (Å²) in [7, 11) is -4.20. The van der Waals surface area contributed by atoms with Gasteiger partial charge in [-0.3, -0.25) is 10.1 Å². The van der Waals surface area contributed by atoms with E-state index < -0.39 is 33.6 Å². The topological polar surface area (TPSA) is 96.7 Å². The molecule has 0 bridgehead atoms. The van der Waals surface area contributed by atoms with Gasteiger partial charge in [0.25, 0.3) is 0 Å². The van der Waals surface area contributed by atoms with Gasteiger partial charge in [0, 0.05) is 16.5 Å². The van der Waals surface area contributed by atoms with Gasteiger partial charge in [0.1, 0.15) is 12.1 Å². The van der Waals surface area contributed by atoms with Crippen LogP contribution in [0.3, 0.4) is 0 Å². The van der Waals surface area contributed by atoms with Gasteiger partial charge >= 0.3 is 16.1 Å². The van der Waals surface area contributed by atoms with Crippen LogP contribution in [0, 0.1) is 0 Å². The smallest absolute Gasteiger partial charge is 0.338 e. The number of nitrogens with one attached hydrogen (secondary N) is 1. The number of hydrogen-bond acceptors (Lipinski definition) is 5. The average molecular weight is 315 g/mol. The Balaban J connectivity index is 2.09. The Labute approximate surface area is 118 Å². The Morgan fingerprint density at radius 1 is 1.25 bits per heavy atom. The van der Waals surface area contributed by atoms with Gasteiger partial charge in [-0.15, -0.1) is 0 Å². The Morgan fingerprint density at radius 3 is 2.65 bits per heavy atom. The number of imide groups is 1. The molecule has 7 nitrogen and oxygen atoms in total. The van der Waals surface area contributed by atoms with Crippen molar-refractivity contribution in [2.75, 3.05) is 6.54 Å². The minimum atomic E-state index is -4.20. The molecule has 3 rings (SSSR count). The SMILES string of the molecule is O=C1CN(S(=O)(=O)c2cc3cc(Cl)ccc3o2)C(=O)N1. The van der Waals surface area contributed by atoms with Gasteiger partial charge in [0.15, 0.2) is 0 Å². The quantitative estimate of drug-likeness (QED) is 0.843. The normalized spacial score (nSPS) is 15.9. The number of hydrogen-bond donors (Lipinski definition) is 1. The molecule has 3 amide bonds. The molecule has 2 heterocycles. The van der Waals surface area contributed by atoms with Crippen molar-refractivity contribution in [3.8, 4) is 0 Å². The van der Waals surface area contributed by atoms with Crippen molar-refractivity contribution in [1.82, 2.24) is 9.62 Å². The van der Waals surface area contributed by atoms with E-state index in [1.165, 1.54) is 18.2 Å². The minimum Gasteiger partial charge on any atom is -0.443 e. The Morgan fingerprint density at radius 2 is 2.00 bits per heavy atom. The van der Waals surface area contributed by atoms with Gasteiger partial charge in [0.2, 0.25) is 11.0 Å². The summed E-state index contributed by atoms with van der Waals surface area (Å²) in [6.07, 6.45) is 0. The number of halogens is 1. The van der Waals surface area contributed by atoms with Gasteiger partial charge in [-0.2, -0.15) is 8.42 Å². The van der Waals surface area contributed by atoms with Gasteiger partial charge < -0.3 is 4.42 Å². The fourth-order valence-electron chi connectivity index (χ4n) is 1.84. The van der Waals surface area contributed by atoms with E-state index in [2.05, 4.69) is 0 Å². The highest BCUT2D eigenvalue weighted by Crippen LogP contribution is 2.27. The molecule has 0 radical (unpaired) electrons.